The van der Waals surface area contributed by atoms with Gasteiger partial charge in [-0.1, -0.05) is 0 Å². The van der Waals surface area contributed by atoms with Crippen LogP contribution in [0.5, 0.6) is 0 Å². The molecule has 9 heteroatoms. The molecule has 2 N–H and O–H groups in total. The number of amides is 1. The Morgan fingerprint density at radius 1 is 1.21 bits per heavy atom. The van der Waals surface area contributed by atoms with Gasteiger partial charge in [0.05, 0.1) is 11.7 Å². The molecule has 4 atom stereocenters. The van der Waals surface area contributed by atoms with Crippen molar-refractivity contribution in [1.82, 2.24) is 15.5 Å². The summed E-state index contributed by atoms with van der Waals surface area (Å²) >= 11 is 0. The lowest BCUT2D eigenvalue weighted by atomic mass is 9.90. The molecule has 154 valence electrons. The average molecular weight is 404 g/mol. The normalized spacial score (nSPS) is 30.8. The first kappa shape index (κ1) is 18.6. The third kappa shape index (κ3) is 2.95. The zero-order chi connectivity index (χ0) is 20.3. The highest BCUT2D eigenvalue weighted by molar-refractivity contribution is 6.27. The summed E-state index contributed by atoms with van der Waals surface area (Å²) in [5.74, 6) is -2.70. The van der Waals surface area contributed by atoms with Gasteiger partial charge in [-0.25, -0.2) is 8.78 Å². The number of carbonyl (C=O) groups is 3. The molecule has 5 heterocycles. The van der Waals surface area contributed by atoms with Gasteiger partial charge in [0, 0.05) is 55.4 Å². The van der Waals surface area contributed by atoms with Crippen LogP contribution in [0.15, 0.2) is 6.07 Å². The van der Waals surface area contributed by atoms with Gasteiger partial charge in [0.2, 0.25) is 5.78 Å². The van der Waals surface area contributed by atoms with Crippen LogP contribution in [-0.2, 0) is 16.1 Å². The van der Waals surface area contributed by atoms with Crippen molar-refractivity contribution >= 4 is 23.7 Å². The molecule has 0 spiro atoms. The Balaban J connectivity index is 1.40. The molecule has 5 aliphatic rings. The number of piperidine rings is 2. The summed E-state index contributed by atoms with van der Waals surface area (Å²) < 4.78 is 29.2. The Labute approximate surface area is 166 Å². The highest BCUT2D eigenvalue weighted by Gasteiger charge is 2.42. The first-order chi connectivity index (χ1) is 14.0. The number of Topliss-reactive ketones (excluding diaryl/α,β-unsaturated/α-hetero) is 1. The lowest BCUT2D eigenvalue weighted by molar-refractivity contribution is -0.131. The summed E-state index contributed by atoms with van der Waals surface area (Å²) in [5.41, 5.74) is 0.975. The zero-order valence-corrected chi connectivity index (χ0v) is 15.8. The second-order valence-electron chi connectivity index (χ2n) is 8.39. The maximum absolute atomic E-state index is 14.8. The first-order valence-corrected chi connectivity index (χ1v) is 10.0. The van der Waals surface area contributed by atoms with E-state index in [1.54, 1.807) is 4.90 Å². The van der Waals surface area contributed by atoms with Gasteiger partial charge in [-0.05, 0) is 25.3 Å². The third-order valence-corrected chi connectivity index (χ3v) is 6.65. The van der Waals surface area contributed by atoms with E-state index in [1.807, 2.05) is 4.90 Å². The molecule has 0 radical (unpaired) electrons. The molecule has 4 unspecified atom stereocenters. The van der Waals surface area contributed by atoms with Gasteiger partial charge in [0.25, 0.3) is 5.91 Å². The molecule has 29 heavy (non-hydrogen) atoms. The molecular weight excluding hydrogens is 382 g/mol. The quantitative estimate of drug-likeness (QED) is 0.557. The number of ketones is 1. The van der Waals surface area contributed by atoms with Crippen LogP contribution in [-0.4, -0.2) is 66.7 Å². The van der Waals surface area contributed by atoms with E-state index in [4.69, 9.17) is 0 Å². The third-order valence-electron chi connectivity index (χ3n) is 6.65. The average Bonchev–Trinajstić information content (AvgIpc) is 3.04. The molecule has 0 aliphatic carbocycles. The van der Waals surface area contributed by atoms with Crippen molar-refractivity contribution in [1.29, 1.82) is 0 Å². The van der Waals surface area contributed by atoms with Crippen molar-refractivity contribution in [3.63, 3.8) is 0 Å². The number of nitrogens with one attached hydrogen (secondary N) is 2. The molecule has 4 saturated heterocycles. The zero-order valence-electron chi connectivity index (χ0n) is 15.8. The lowest BCUT2D eigenvalue weighted by Crippen LogP contribution is -2.67. The fourth-order valence-electron chi connectivity index (χ4n) is 5.15. The minimum Gasteiger partial charge on any atom is -0.366 e. The SMILES string of the molecule is O=CC(=O)C1CCC(N2Cc3c(cc(F)c(F)c3N3CC4CC(C3)N4)C2=O)CN1. The van der Waals surface area contributed by atoms with E-state index in [1.165, 1.54) is 0 Å². The van der Waals surface area contributed by atoms with E-state index < -0.39 is 23.5 Å². The van der Waals surface area contributed by atoms with Crippen LogP contribution in [0.4, 0.5) is 14.5 Å². The predicted molar refractivity (Wildman–Crippen MR) is 99.7 cm³/mol. The van der Waals surface area contributed by atoms with Crippen LogP contribution < -0.4 is 15.5 Å². The summed E-state index contributed by atoms with van der Waals surface area (Å²) in [4.78, 5) is 38.7. The predicted octanol–water partition coefficient (Wildman–Crippen LogP) is 0.360. The number of fused-ring (bicyclic) bond motifs is 3. The molecule has 4 fully saturated rings. The molecule has 6 rings (SSSR count). The fourth-order valence-corrected chi connectivity index (χ4v) is 5.15. The molecule has 1 aromatic carbocycles. The number of halogens is 2. The number of rotatable bonds is 4. The summed E-state index contributed by atoms with van der Waals surface area (Å²) in [6, 6.07) is 0.835. The number of nitrogens with zero attached hydrogens (tertiary/aromatic N) is 2. The van der Waals surface area contributed by atoms with Gasteiger partial charge >= 0.3 is 0 Å². The van der Waals surface area contributed by atoms with Crippen molar-refractivity contribution in [3.8, 4) is 0 Å². The van der Waals surface area contributed by atoms with Gasteiger partial charge in [0.15, 0.2) is 17.9 Å². The van der Waals surface area contributed by atoms with Crippen LogP contribution in [0.3, 0.4) is 0 Å². The molecule has 1 amide bonds. The Hall–Kier alpha value is -2.39. The van der Waals surface area contributed by atoms with Crippen LogP contribution in [0.1, 0.15) is 35.2 Å². The highest BCUT2D eigenvalue weighted by atomic mass is 19.2. The van der Waals surface area contributed by atoms with E-state index in [0.29, 0.717) is 44.3 Å². The largest absolute Gasteiger partial charge is 0.366 e. The standard InChI is InChI=1S/C20H22F2N4O3/c21-15-4-13-14(19(18(15)22)25-6-10-3-11(7-25)24-10)8-26(20(13)29)12-1-2-16(23-5-12)17(28)9-27/h4,9-12,16,23-24H,1-3,5-8H2. The monoisotopic (exact) mass is 404 g/mol. The summed E-state index contributed by atoms with van der Waals surface area (Å²) in [5, 5.41) is 6.39. The van der Waals surface area contributed by atoms with Crippen LogP contribution in [0.2, 0.25) is 0 Å². The minimum absolute atomic E-state index is 0.194. The van der Waals surface area contributed by atoms with Gasteiger partial charge in [-0.3, -0.25) is 14.4 Å². The van der Waals surface area contributed by atoms with Crippen LogP contribution in [0, 0.1) is 11.6 Å². The molecule has 1 aromatic rings. The van der Waals surface area contributed by atoms with Crippen LogP contribution >= 0.6 is 0 Å². The number of carbonyl (C=O) groups excluding carboxylic acids is 3. The number of benzene rings is 1. The van der Waals surface area contributed by atoms with E-state index in [9.17, 15) is 23.2 Å². The van der Waals surface area contributed by atoms with E-state index in [2.05, 4.69) is 10.6 Å². The molecular formula is C20H22F2N4O3. The van der Waals surface area contributed by atoms with Gasteiger partial charge in [-0.15, -0.1) is 0 Å². The van der Waals surface area contributed by atoms with E-state index in [0.717, 1.165) is 12.5 Å². The summed E-state index contributed by atoms with van der Waals surface area (Å²) in [6.07, 6.45) is 2.34. The molecule has 0 aromatic heterocycles. The number of anilines is 1. The lowest BCUT2D eigenvalue weighted by Gasteiger charge is -2.49. The topological polar surface area (TPSA) is 81.8 Å². The van der Waals surface area contributed by atoms with Gasteiger partial charge in [0.1, 0.15) is 0 Å². The summed E-state index contributed by atoms with van der Waals surface area (Å²) in [7, 11) is 0. The minimum atomic E-state index is -1.00. The smallest absolute Gasteiger partial charge is 0.254 e. The Morgan fingerprint density at radius 3 is 2.55 bits per heavy atom. The number of hydrogen-bond acceptors (Lipinski definition) is 6. The Morgan fingerprint density at radius 2 is 1.93 bits per heavy atom. The van der Waals surface area contributed by atoms with Crippen molar-refractivity contribution < 1.29 is 23.2 Å². The fraction of sp³-hybridized carbons (Fsp3) is 0.550. The second-order valence-corrected chi connectivity index (χ2v) is 8.39. The first-order valence-electron chi connectivity index (χ1n) is 10.0. The highest BCUT2D eigenvalue weighted by Crippen LogP contribution is 2.39. The van der Waals surface area contributed by atoms with E-state index in [-0.39, 0.29) is 41.8 Å². The van der Waals surface area contributed by atoms with Gasteiger partial charge < -0.3 is 20.4 Å². The Bertz CT molecular complexity index is 884. The van der Waals surface area contributed by atoms with E-state index >= 15 is 0 Å². The number of aldehydes is 1. The van der Waals surface area contributed by atoms with Crippen molar-refractivity contribution in [3.05, 3.63) is 28.8 Å². The maximum atomic E-state index is 14.8. The number of piperazine rings is 1. The molecule has 0 saturated carbocycles. The van der Waals surface area contributed by atoms with Gasteiger partial charge in [-0.2, -0.15) is 0 Å². The molecule has 2 bridgehead atoms. The molecule has 5 aliphatic heterocycles. The Kier molecular flexibility index (Phi) is 4.40. The molecule has 7 nitrogen and oxygen atoms in total. The second kappa shape index (κ2) is 6.84. The summed E-state index contributed by atoms with van der Waals surface area (Å²) in [6.45, 7) is 1.77. The number of hydrogen-bond donors (Lipinski definition) is 2. The van der Waals surface area contributed by atoms with Crippen molar-refractivity contribution in [2.24, 2.45) is 0 Å². The maximum Gasteiger partial charge on any atom is 0.254 e. The van der Waals surface area contributed by atoms with Crippen molar-refractivity contribution in [2.75, 3.05) is 24.5 Å². The van der Waals surface area contributed by atoms with Crippen LogP contribution in [0.25, 0.3) is 0 Å². The van der Waals surface area contributed by atoms with Crippen molar-refractivity contribution in [2.45, 2.75) is 50.0 Å².